The van der Waals surface area contributed by atoms with Crippen molar-refractivity contribution in [2.24, 2.45) is 0 Å². The van der Waals surface area contributed by atoms with Gasteiger partial charge in [-0.1, -0.05) is 6.92 Å². The van der Waals surface area contributed by atoms with Crippen LogP contribution in [0.25, 0.3) is 0 Å². The van der Waals surface area contributed by atoms with Crippen molar-refractivity contribution in [2.75, 3.05) is 6.54 Å². The topological polar surface area (TPSA) is 12.0 Å². The third-order valence-corrected chi connectivity index (χ3v) is 3.17. The first-order chi connectivity index (χ1) is 8.74. The summed E-state index contributed by atoms with van der Waals surface area (Å²) in [6, 6.07) is 1.16. The Bertz CT molecular complexity index is 433. The van der Waals surface area contributed by atoms with Crippen LogP contribution in [-0.4, -0.2) is 18.8 Å². The Morgan fingerprint density at radius 2 is 1.89 bits per heavy atom. The van der Waals surface area contributed by atoms with E-state index in [0.717, 1.165) is 6.07 Å². The first-order valence-electron chi connectivity index (χ1n) is 5.67. The number of nitrogens with one attached hydrogen (secondary N) is 1. The molecule has 0 amide bonds. The van der Waals surface area contributed by atoms with Crippen molar-refractivity contribution in [3.63, 3.8) is 0 Å². The zero-order valence-electron chi connectivity index (χ0n) is 10.1. The van der Waals surface area contributed by atoms with Crippen molar-refractivity contribution in [3.8, 4) is 0 Å². The molecule has 1 N–H and O–H groups in total. The molecule has 0 saturated carbocycles. The molecule has 7 heteroatoms. The van der Waals surface area contributed by atoms with Gasteiger partial charge < -0.3 is 5.32 Å². The summed E-state index contributed by atoms with van der Waals surface area (Å²) >= 11 is 2.89. The number of alkyl halides is 3. The zero-order chi connectivity index (χ0) is 14.6. The van der Waals surface area contributed by atoms with Crippen LogP contribution in [-0.2, 0) is 6.42 Å². The number of hydrogen-bond acceptors (Lipinski definition) is 1. The third-order valence-electron chi connectivity index (χ3n) is 2.56. The van der Waals surface area contributed by atoms with Gasteiger partial charge in [0.25, 0.3) is 0 Å². The van der Waals surface area contributed by atoms with Crippen molar-refractivity contribution in [3.05, 3.63) is 33.8 Å². The van der Waals surface area contributed by atoms with E-state index in [-0.39, 0.29) is 23.0 Å². The quantitative estimate of drug-likeness (QED) is 0.623. The van der Waals surface area contributed by atoms with Gasteiger partial charge in [-0.2, -0.15) is 13.2 Å². The molecule has 1 aromatic rings. The lowest BCUT2D eigenvalue weighted by molar-refractivity contribution is -0.139. The fourth-order valence-corrected chi connectivity index (χ4v) is 2.16. The summed E-state index contributed by atoms with van der Waals surface area (Å²) in [7, 11) is 0. The molecule has 0 aliphatic heterocycles. The van der Waals surface area contributed by atoms with E-state index in [4.69, 9.17) is 0 Å². The zero-order valence-corrected chi connectivity index (χ0v) is 11.7. The molecule has 108 valence electrons. The molecular weight excluding hydrogens is 333 g/mol. The van der Waals surface area contributed by atoms with Gasteiger partial charge in [0.15, 0.2) is 0 Å². The van der Waals surface area contributed by atoms with Crippen LogP contribution < -0.4 is 5.32 Å². The maximum Gasteiger partial charge on any atom is 0.390 e. The van der Waals surface area contributed by atoms with Gasteiger partial charge >= 0.3 is 6.18 Å². The summed E-state index contributed by atoms with van der Waals surface area (Å²) in [6.07, 6.45) is -5.87. The summed E-state index contributed by atoms with van der Waals surface area (Å²) in [5.41, 5.74) is -0.343. The summed E-state index contributed by atoms with van der Waals surface area (Å²) in [5, 5.41) is 2.59. The van der Waals surface area contributed by atoms with Crippen LogP contribution >= 0.6 is 15.9 Å². The molecule has 0 aliphatic rings. The molecule has 0 spiro atoms. The Balaban J connectivity index is 2.93. The second-order valence-electron chi connectivity index (χ2n) is 4.10. The predicted octanol–water partition coefficient (Wildman–Crippen LogP) is 4.20. The maximum absolute atomic E-state index is 13.7. The van der Waals surface area contributed by atoms with E-state index in [1.807, 2.05) is 0 Å². The molecule has 1 atom stereocenters. The fourth-order valence-electron chi connectivity index (χ4n) is 1.79. The SMILES string of the molecule is CCNC(Cc1c(F)ccc(Br)c1F)CC(F)(F)F. The summed E-state index contributed by atoms with van der Waals surface area (Å²) in [5.74, 6) is -1.70. The molecule has 19 heavy (non-hydrogen) atoms. The second kappa shape index (κ2) is 6.65. The number of benzene rings is 1. The van der Waals surface area contributed by atoms with Crippen LogP contribution in [0.3, 0.4) is 0 Å². The maximum atomic E-state index is 13.7. The third kappa shape index (κ3) is 5.06. The Hall–Kier alpha value is -0.690. The van der Waals surface area contributed by atoms with Crippen LogP contribution in [0.4, 0.5) is 22.0 Å². The molecule has 1 aromatic carbocycles. The molecule has 1 unspecified atom stereocenters. The normalized spacial score (nSPS) is 13.6. The minimum Gasteiger partial charge on any atom is -0.314 e. The van der Waals surface area contributed by atoms with Crippen molar-refractivity contribution >= 4 is 15.9 Å². The predicted molar refractivity (Wildman–Crippen MR) is 65.9 cm³/mol. The van der Waals surface area contributed by atoms with E-state index in [1.165, 1.54) is 6.07 Å². The summed E-state index contributed by atoms with van der Waals surface area (Å²) < 4.78 is 64.4. The first-order valence-corrected chi connectivity index (χ1v) is 6.46. The van der Waals surface area contributed by atoms with Gasteiger partial charge in [-0.15, -0.1) is 0 Å². The van der Waals surface area contributed by atoms with Gasteiger partial charge in [-0.3, -0.25) is 0 Å². The lowest BCUT2D eigenvalue weighted by Gasteiger charge is -2.20. The van der Waals surface area contributed by atoms with Gasteiger partial charge in [0.2, 0.25) is 0 Å². The highest BCUT2D eigenvalue weighted by Gasteiger charge is 2.32. The fraction of sp³-hybridized carbons (Fsp3) is 0.500. The van der Waals surface area contributed by atoms with Crippen molar-refractivity contribution in [1.29, 1.82) is 0 Å². The molecule has 1 rings (SSSR count). The molecule has 0 fully saturated rings. The van der Waals surface area contributed by atoms with E-state index in [9.17, 15) is 22.0 Å². The van der Waals surface area contributed by atoms with Gasteiger partial charge in [0, 0.05) is 11.6 Å². The molecule has 0 aromatic heterocycles. The molecule has 0 aliphatic carbocycles. The van der Waals surface area contributed by atoms with E-state index in [0.29, 0.717) is 0 Å². The van der Waals surface area contributed by atoms with Crippen molar-refractivity contribution in [2.45, 2.75) is 32.0 Å². The molecule has 1 nitrogen and oxygen atoms in total. The minimum atomic E-state index is -4.38. The number of halogens is 6. The van der Waals surface area contributed by atoms with Crippen LogP contribution in [0.15, 0.2) is 16.6 Å². The molecule has 0 bridgehead atoms. The lowest BCUT2D eigenvalue weighted by atomic mass is 10.0. The van der Waals surface area contributed by atoms with Crippen LogP contribution in [0.1, 0.15) is 18.9 Å². The Morgan fingerprint density at radius 1 is 1.26 bits per heavy atom. The van der Waals surface area contributed by atoms with Crippen molar-refractivity contribution < 1.29 is 22.0 Å². The molecule has 0 saturated heterocycles. The smallest absolute Gasteiger partial charge is 0.314 e. The average molecular weight is 346 g/mol. The minimum absolute atomic E-state index is 0.0335. The molecular formula is C12H13BrF5N. The first kappa shape index (κ1) is 16.4. The van der Waals surface area contributed by atoms with Crippen LogP contribution in [0.2, 0.25) is 0 Å². The number of hydrogen-bond donors (Lipinski definition) is 1. The molecule has 0 heterocycles. The van der Waals surface area contributed by atoms with Gasteiger partial charge in [0.05, 0.1) is 10.9 Å². The second-order valence-corrected chi connectivity index (χ2v) is 4.95. The van der Waals surface area contributed by atoms with E-state index in [1.54, 1.807) is 6.92 Å². The summed E-state index contributed by atoms with van der Waals surface area (Å²) in [4.78, 5) is 0. The highest BCUT2D eigenvalue weighted by atomic mass is 79.9. The monoisotopic (exact) mass is 345 g/mol. The Morgan fingerprint density at radius 3 is 2.42 bits per heavy atom. The van der Waals surface area contributed by atoms with Gasteiger partial charge in [0.1, 0.15) is 11.6 Å². The lowest BCUT2D eigenvalue weighted by Crippen LogP contribution is -2.36. The van der Waals surface area contributed by atoms with E-state index >= 15 is 0 Å². The largest absolute Gasteiger partial charge is 0.390 e. The Kier molecular flexibility index (Phi) is 5.73. The van der Waals surface area contributed by atoms with Crippen molar-refractivity contribution in [1.82, 2.24) is 5.32 Å². The highest BCUT2D eigenvalue weighted by molar-refractivity contribution is 9.10. The van der Waals surface area contributed by atoms with Gasteiger partial charge in [-0.05, 0) is 41.0 Å². The highest BCUT2D eigenvalue weighted by Crippen LogP contribution is 2.27. The van der Waals surface area contributed by atoms with Gasteiger partial charge in [-0.25, -0.2) is 8.78 Å². The van der Waals surface area contributed by atoms with Crippen LogP contribution in [0.5, 0.6) is 0 Å². The molecule has 0 radical (unpaired) electrons. The standard InChI is InChI=1S/C12H13BrF5N/c1-2-19-7(6-12(16,17)18)5-8-10(14)4-3-9(13)11(8)15/h3-4,7,19H,2,5-6H2,1H3. The van der Waals surface area contributed by atoms with E-state index < -0.39 is 30.3 Å². The number of likely N-dealkylation sites (N-methyl/N-ethyl adjacent to an activating group) is 1. The average Bonchev–Trinajstić information content (AvgIpc) is 2.28. The summed E-state index contributed by atoms with van der Waals surface area (Å²) in [6.45, 7) is 1.93. The Labute approximate surface area is 116 Å². The van der Waals surface area contributed by atoms with Crippen LogP contribution in [0, 0.1) is 11.6 Å². The van der Waals surface area contributed by atoms with E-state index in [2.05, 4.69) is 21.2 Å². The number of rotatable bonds is 5.